The summed E-state index contributed by atoms with van der Waals surface area (Å²) < 4.78 is 11.2. The van der Waals surface area contributed by atoms with Gasteiger partial charge in [0.2, 0.25) is 5.91 Å². The minimum atomic E-state index is 0.102. The molecule has 0 spiro atoms. The Morgan fingerprint density at radius 1 is 1.03 bits per heavy atom. The van der Waals surface area contributed by atoms with Crippen LogP contribution in [-0.2, 0) is 14.3 Å². The SMILES string of the molecule is CCCCCCCOCCOCCNC(=O)CC1C2=C(C)C=CCC2c2c(C)cccc21. The predicted octanol–water partition coefficient (Wildman–Crippen LogP) is 5.96. The van der Waals surface area contributed by atoms with Gasteiger partial charge in [-0.1, -0.05) is 74.1 Å². The fourth-order valence-corrected chi connectivity index (χ4v) is 5.19. The lowest BCUT2D eigenvalue weighted by atomic mass is 9.82. The van der Waals surface area contributed by atoms with Crippen molar-refractivity contribution in [1.82, 2.24) is 5.32 Å². The number of amides is 1. The molecule has 0 aromatic heterocycles. The summed E-state index contributed by atoms with van der Waals surface area (Å²) in [5.74, 6) is 0.723. The topological polar surface area (TPSA) is 47.6 Å². The molecular formula is C28H41NO3. The number of aryl methyl sites for hydroxylation is 1. The third-order valence-electron chi connectivity index (χ3n) is 6.75. The number of carbonyl (C=O) groups excluding carboxylic acids is 1. The molecule has 4 nitrogen and oxygen atoms in total. The molecule has 3 rings (SSSR count). The summed E-state index contributed by atoms with van der Waals surface area (Å²) in [5, 5.41) is 3.05. The summed E-state index contributed by atoms with van der Waals surface area (Å²) in [6.45, 7) is 9.71. The molecule has 176 valence electrons. The predicted molar refractivity (Wildman–Crippen MR) is 131 cm³/mol. The van der Waals surface area contributed by atoms with Crippen molar-refractivity contribution >= 4 is 5.91 Å². The van der Waals surface area contributed by atoms with Crippen molar-refractivity contribution in [3.8, 4) is 0 Å². The molecule has 2 aliphatic carbocycles. The maximum Gasteiger partial charge on any atom is 0.221 e. The van der Waals surface area contributed by atoms with Gasteiger partial charge < -0.3 is 14.8 Å². The van der Waals surface area contributed by atoms with E-state index in [0.29, 0.717) is 38.7 Å². The smallest absolute Gasteiger partial charge is 0.221 e. The van der Waals surface area contributed by atoms with E-state index in [0.717, 1.165) is 19.4 Å². The summed E-state index contributed by atoms with van der Waals surface area (Å²) in [5.41, 5.74) is 6.88. The molecule has 32 heavy (non-hydrogen) atoms. The van der Waals surface area contributed by atoms with Crippen LogP contribution in [0.5, 0.6) is 0 Å². The molecule has 0 saturated heterocycles. The first-order chi connectivity index (χ1) is 15.6. The second kappa shape index (κ2) is 13.0. The molecule has 4 heteroatoms. The van der Waals surface area contributed by atoms with Crippen LogP contribution in [0.4, 0.5) is 0 Å². The number of fused-ring (bicyclic) bond motifs is 3. The lowest BCUT2D eigenvalue weighted by Crippen LogP contribution is -2.29. The zero-order valence-electron chi connectivity index (χ0n) is 20.3. The second-order valence-electron chi connectivity index (χ2n) is 9.15. The van der Waals surface area contributed by atoms with Crippen LogP contribution in [0.1, 0.15) is 87.3 Å². The minimum Gasteiger partial charge on any atom is -0.379 e. The summed E-state index contributed by atoms with van der Waals surface area (Å²) in [6.07, 6.45) is 12.3. The molecule has 1 N–H and O–H groups in total. The Balaban J connectivity index is 1.36. The van der Waals surface area contributed by atoms with E-state index in [-0.39, 0.29) is 11.8 Å². The Morgan fingerprint density at radius 2 is 1.81 bits per heavy atom. The Kier molecular flexibility index (Phi) is 10.0. The van der Waals surface area contributed by atoms with Crippen LogP contribution in [-0.4, -0.2) is 38.9 Å². The molecular weight excluding hydrogens is 398 g/mol. The van der Waals surface area contributed by atoms with Gasteiger partial charge >= 0.3 is 0 Å². The van der Waals surface area contributed by atoms with Crippen molar-refractivity contribution in [2.75, 3.05) is 33.0 Å². The van der Waals surface area contributed by atoms with Crippen LogP contribution in [0.15, 0.2) is 41.5 Å². The average Bonchev–Trinajstić information content (AvgIpc) is 3.10. The van der Waals surface area contributed by atoms with E-state index in [1.807, 2.05) is 0 Å². The van der Waals surface area contributed by atoms with Gasteiger partial charge in [0.25, 0.3) is 0 Å². The Bertz CT molecular complexity index is 811. The Labute approximate surface area is 194 Å². The van der Waals surface area contributed by atoms with Gasteiger partial charge in [0.05, 0.1) is 19.8 Å². The fourth-order valence-electron chi connectivity index (χ4n) is 5.19. The van der Waals surface area contributed by atoms with Gasteiger partial charge in [-0.15, -0.1) is 0 Å². The third-order valence-corrected chi connectivity index (χ3v) is 6.75. The number of benzene rings is 1. The number of nitrogens with one attached hydrogen (secondary N) is 1. The van der Waals surface area contributed by atoms with Crippen molar-refractivity contribution in [2.24, 2.45) is 0 Å². The number of carbonyl (C=O) groups is 1. The van der Waals surface area contributed by atoms with Gasteiger partial charge in [0.15, 0.2) is 0 Å². The molecule has 1 aromatic rings. The number of rotatable bonds is 14. The van der Waals surface area contributed by atoms with Gasteiger partial charge in [-0.3, -0.25) is 4.79 Å². The second-order valence-corrected chi connectivity index (χ2v) is 9.15. The highest BCUT2D eigenvalue weighted by Crippen LogP contribution is 2.53. The zero-order valence-corrected chi connectivity index (χ0v) is 20.3. The molecule has 2 aliphatic rings. The maximum atomic E-state index is 12.7. The van der Waals surface area contributed by atoms with Gasteiger partial charge in [-0.05, 0) is 43.4 Å². The Hall–Kier alpha value is -1.91. The number of hydrogen-bond donors (Lipinski definition) is 1. The van der Waals surface area contributed by atoms with Crippen molar-refractivity contribution in [2.45, 2.75) is 77.6 Å². The van der Waals surface area contributed by atoms with Gasteiger partial charge in [-0.2, -0.15) is 0 Å². The summed E-state index contributed by atoms with van der Waals surface area (Å²) in [4.78, 5) is 12.7. The van der Waals surface area contributed by atoms with Crippen LogP contribution in [0.3, 0.4) is 0 Å². The van der Waals surface area contributed by atoms with Crippen molar-refractivity contribution < 1.29 is 14.3 Å². The highest BCUT2D eigenvalue weighted by Gasteiger charge is 2.38. The van der Waals surface area contributed by atoms with Gasteiger partial charge in [-0.25, -0.2) is 0 Å². The molecule has 1 aromatic carbocycles. The molecule has 0 bridgehead atoms. The lowest BCUT2D eigenvalue weighted by molar-refractivity contribution is -0.121. The van der Waals surface area contributed by atoms with Crippen LogP contribution in [0.25, 0.3) is 0 Å². The Morgan fingerprint density at radius 3 is 2.62 bits per heavy atom. The lowest BCUT2D eigenvalue weighted by Gasteiger charge is -2.22. The molecule has 2 atom stereocenters. The van der Waals surface area contributed by atoms with Crippen LogP contribution in [0, 0.1) is 6.92 Å². The normalized spacial score (nSPS) is 19.2. The highest BCUT2D eigenvalue weighted by atomic mass is 16.5. The molecule has 0 radical (unpaired) electrons. The molecule has 0 saturated carbocycles. The quantitative estimate of drug-likeness (QED) is 0.364. The van der Waals surface area contributed by atoms with Crippen LogP contribution >= 0.6 is 0 Å². The first-order valence-corrected chi connectivity index (χ1v) is 12.5. The molecule has 0 heterocycles. The molecule has 0 aliphatic heterocycles. The number of allylic oxidation sites excluding steroid dienone is 4. The van der Waals surface area contributed by atoms with E-state index in [9.17, 15) is 4.79 Å². The van der Waals surface area contributed by atoms with Crippen molar-refractivity contribution in [3.63, 3.8) is 0 Å². The van der Waals surface area contributed by atoms with Gasteiger partial charge in [0.1, 0.15) is 0 Å². The molecule has 2 unspecified atom stereocenters. The first kappa shape index (κ1) is 24.7. The van der Waals surface area contributed by atoms with E-state index >= 15 is 0 Å². The van der Waals surface area contributed by atoms with Crippen molar-refractivity contribution in [3.05, 3.63) is 58.2 Å². The standard InChI is InChI=1S/C28H41NO3/c1-4-5-6-7-8-16-31-18-19-32-17-15-29-26(30)20-25-23-13-9-11-21(2)27(23)24-14-10-12-22(3)28(24)25/h9-13,24-25H,4-8,14-20H2,1-3H3,(H,29,30). The number of unbranched alkanes of at least 4 members (excludes halogenated alkanes) is 4. The highest BCUT2D eigenvalue weighted by molar-refractivity contribution is 5.78. The van der Waals surface area contributed by atoms with Crippen LogP contribution in [0.2, 0.25) is 0 Å². The van der Waals surface area contributed by atoms with E-state index in [1.54, 1.807) is 0 Å². The van der Waals surface area contributed by atoms with E-state index < -0.39 is 0 Å². The third kappa shape index (κ3) is 6.55. The van der Waals surface area contributed by atoms with E-state index in [4.69, 9.17) is 9.47 Å². The fraction of sp³-hybridized carbons (Fsp3) is 0.607. The van der Waals surface area contributed by atoms with E-state index in [2.05, 4.69) is 56.4 Å². The monoisotopic (exact) mass is 439 g/mol. The summed E-state index contributed by atoms with van der Waals surface area (Å²) in [6, 6.07) is 6.53. The number of hydrogen-bond acceptors (Lipinski definition) is 3. The van der Waals surface area contributed by atoms with E-state index in [1.165, 1.54) is 53.5 Å². The van der Waals surface area contributed by atoms with Gasteiger partial charge in [0, 0.05) is 31.4 Å². The largest absolute Gasteiger partial charge is 0.379 e. The maximum absolute atomic E-state index is 12.7. The zero-order chi connectivity index (χ0) is 22.8. The number of ether oxygens (including phenoxy) is 2. The minimum absolute atomic E-state index is 0.102. The molecule has 1 amide bonds. The first-order valence-electron chi connectivity index (χ1n) is 12.5. The summed E-state index contributed by atoms with van der Waals surface area (Å²) >= 11 is 0. The molecule has 0 fully saturated rings. The van der Waals surface area contributed by atoms with Crippen LogP contribution < -0.4 is 5.32 Å². The summed E-state index contributed by atoms with van der Waals surface area (Å²) in [7, 11) is 0. The average molecular weight is 440 g/mol. The van der Waals surface area contributed by atoms with Crippen molar-refractivity contribution in [1.29, 1.82) is 0 Å².